The van der Waals surface area contributed by atoms with E-state index >= 15 is 0 Å². The molecule has 0 fully saturated rings. The Morgan fingerprint density at radius 2 is 2.10 bits per heavy atom. The summed E-state index contributed by atoms with van der Waals surface area (Å²) in [6.45, 7) is 5.40. The number of nitrogens with two attached hydrogens (primary N) is 1. The van der Waals surface area contributed by atoms with Gasteiger partial charge in [0.15, 0.2) is 5.82 Å². The van der Waals surface area contributed by atoms with Gasteiger partial charge < -0.3 is 10.5 Å². The number of amides is 1. The first-order valence-corrected chi connectivity index (χ1v) is 6.36. The molecular formula is C13H18N6O2. The van der Waals surface area contributed by atoms with E-state index in [9.17, 15) is 4.79 Å². The molecule has 2 heterocycles. The van der Waals surface area contributed by atoms with Gasteiger partial charge in [0.2, 0.25) is 0 Å². The van der Waals surface area contributed by atoms with Gasteiger partial charge in [-0.2, -0.15) is 9.78 Å². The third kappa shape index (κ3) is 3.47. The van der Waals surface area contributed by atoms with Gasteiger partial charge in [0.1, 0.15) is 23.6 Å². The fraction of sp³-hybridized carbons (Fsp3) is 0.385. The Morgan fingerprint density at radius 3 is 2.67 bits per heavy atom. The molecule has 0 aliphatic carbocycles. The van der Waals surface area contributed by atoms with E-state index in [-0.39, 0.29) is 0 Å². The SMILES string of the molecule is CN(C(=O)OC(C)(C)C)c1cc(-n2nccc2N)ncn1. The van der Waals surface area contributed by atoms with Crippen LogP contribution in [0.3, 0.4) is 0 Å². The molecule has 0 spiro atoms. The van der Waals surface area contributed by atoms with Gasteiger partial charge in [0.25, 0.3) is 0 Å². The first kappa shape index (κ1) is 14.8. The predicted octanol–water partition coefficient (Wildman–Crippen LogP) is 1.62. The lowest BCUT2D eigenvalue weighted by Gasteiger charge is -2.24. The quantitative estimate of drug-likeness (QED) is 0.902. The molecule has 0 radical (unpaired) electrons. The summed E-state index contributed by atoms with van der Waals surface area (Å²) in [5, 5.41) is 4.06. The average Bonchev–Trinajstić information content (AvgIpc) is 2.82. The van der Waals surface area contributed by atoms with Crippen molar-refractivity contribution in [1.82, 2.24) is 19.7 Å². The van der Waals surface area contributed by atoms with E-state index in [4.69, 9.17) is 10.5 Å². The maximum atomic E-state index is 12.0. The van der Waals surface area contributed by atoms with Crippen molar-refractivity contribution < 1.29 is 9.53 Å². The van der Waals surface area contributed by atoms with Crippen LogP contribution in [0.25, 0.3) is 5.82 Å². The zero-order chi connectivity index (χ0) is 15.6. The van der Waals surface area contributed by atoms with Gasteiger partial charge in [-0.15, -0.1) is 0 Å². The summed E-state index contributed by atoms with van der Waals surface area (Å²) in [7, 11) is 1.58. The van der Waals surface area contributed by atoms with Crippen molar-refractivity contribution >= 4 is 17.7 Å². The summed E-state index contributed by atoms with van der Waals surface area (Å²) in [5.41, 5.74) is 5.20. The Morgan fingerprint density at radius 1 is 1.38 bits per heavy atom. The third-order valence-electron chi connectivity index (χ3n) is 2.54. The van der Waals surface area contributed by atoms with E-state index in [1.807, 2.05) is 0 Å². The Labute approximate surface area is 122 Å². The number of aromatic nitrogens is 4. The van der Waals surface area contributed by atoms with Crippen molar-refractivity contribution in [1.29, 1.82) is 0 Å². The molecule has 2 N–H and O–H groups in total. The molecule has 0 atom stereocenters. The number of hydrogen-bond donors (Lipinski definition) is 1. The maximum Gasteiger partial charge on any atom is 0.415 e. The van der Waals surface area contributed by atoms with Gasteiger partial charge in [-0.3, -0.25) is 4.90 Å². The Balaban J connectivity index is 2.25. The minimum atomic E-state index is -0.576. The van der Waals surface area contributed by atoms with Crippen molar-refractivity contribution in [3.05, 3.63) is 24.7 Å². The molecular weight excluding hydrogens is 272 g/mol. The number of rotatable bonds is 2. The summed E-state index contributed by atoms with van der Waals surface area (Å²) in [6, 6.07) is 3.26. The first-order chi connectivity index (χ1) is 9.78. The molecule has 0 saturated heterocycles. The molecule has 2 aromatic heterocycles. The number of ether oxygens (including phenoxy) is 1. The topological polar surface area (TPSA) is 99.2 Å². The molecule has 1 amide bonds. The number of carbonyl (C=O) groups is 1. The zero-order valence-electron chi connectivity index (χ0n) is 12.4. The number of hydrogen-bond acceptors (Lipinski definition) is 6. The first-order valence-electron chi connectivity index (χ1n) is 6.36. The number of nitrogen functional groups attached to an aromatic ring is 1. The maximum absolute atomic E-state index is 12.0. The number of anilines is 2. The van der Waals surface area contributed by atoms with Gasteiger partial charge >= 0.3 is 6.09 Å². The summed E-state index contributed by atoms with van der Waals surface area (Å²) in [6.07, 6.45) is 2.40. The lowest BCUT2D eigenvalue weighted by molar-refractivity contribution is 0.0588. The van der Waals surface area contributed by atoms with Gasteiger partial charge in [0.05, 0.1) is 6.20 Å². The van der Waals surface area contributed by atoms with Crippen molar-refractivity contribution in [2.45, 2.75) is 26.4 Å². The van der Waals surface area contributed by atoms with Crippen LogP contribution in [0.15, 0.2) is 24.7 Å². The van der Waals surface area contributed by atoms with Gasteiger partial charge in [-0.05, 0) is 20.8 Å². The molecule has 0 aliphatic heterocycles. The highest BCUT2D eigenvalue weighted by molar-refractivity contribution is 5.86. The van der Waals surface area contributed by atoms with E-state index in [0.717, 1.165) is 0 Å². The van der Waals surface area contributed by atoms with Crippen LogP contribution in [0, 0.1) is 0 Å². The van der Waals surface area contributed by atoms with Crippen LogP contribution >= 0.6 is 0 Å². The molecule has 0 saturated carbocycles. The second-order valence-corrected chi connectivity index (χ2v) is 5.44. The van der Waals surface area contributed by atoms with Crippen LogP contribution in [0.4, 0.5) is 16.4 Å². The second kappa shape index (κ2) is 5.39. The molecule has 0 unspecified atom stereocenters. The van der Waals surface area contributed by atoms with Gasteiger partial charge in [-0.25, -0.2) is 14.8 Å². The average molecular weight is 290 g/mol. The zero-order valence-corrected chi connectivity index (χ0v) is 12.4. The lowest BCUT2D eigenvalue weighted by atomic mass is 10.2. The predicted molar refractivity (Wildman–Crippen MR) is 78.2 cm³/mol. The second-order valence-electron chi connectivity index (χ2n) is 5.44. The highest BCUT2D eigenvalue weighted by Crippen LogP contribution is 2.17. The molecule has 2 aromatic rings. The molecule has 112 valence electrons. The Bertz CT molecular complexity index is 646. The standard InChI is InChI=1S/C13H18N6O2/c1-13(2,3)21-12(20)18(4)10-7-11(16-8-15-10)19-9(14)5-6-17-19/h5-8H,14H2,1-4H3. The van der Waals surface area contributed by atoms with Gasteiger partial charge in [-0.1, -0.05) is 0 Å². The van der Waals surface area contributed by atoms with Crippen molar-refractivity contribution in [2.75, 3.05) is 17.7 Å². The van der Waals surface area contributed by atoms with E-state index in [0.29, 0.717) is 17.5 Å². The van der Waals surface area contributed by atoms with Crippen LogP contribution in [-0.4, -0.2) is 38.5 Å². The van der Waals surface area contributed by atoms with Crippen LogP contribution in [-0.2, 0) is 4.74 Å². The highest BCUT2D eigenvalue weighted by Gasteiger charge is 2.21. The Hall–Kier alpha value is -2.64. The fourth-order valence-electron chi connectivity index (χ4n) is 1.57. The lowest BCUT2D eigenvalue weighted by Crippen LogP contribution is -2.34. The van der Waals surface area contributed by atoms with Crippen LogP contribution < -0.4 is 10.6 Å². The van der Waals surface area contributed by atoms with Crippen LogP contribution in [0.5, 0.6) is 0 Å². The highest BCUT2D eigenvalue weighted by atomic mass is 16.6. The largest absolute Gasteiger partial charge is 0.443 e. The van der Waals surface area contributed by atoms with Crippen LogP contribution in [0.2, 0.25) is 0 Å². The number of carbonyl (C=O) groups excluding carboxylic acids is 1. The summed E-state index contributed by atoms with van der Waals surface area (Å²) in [5.74, 6) is 1.31. The fourth-order valence-corrected chi connectivity index (χ4v) is 1.57. The van der Waals surface area contributed by atoms with Crippen molar-refractivity contribution in [2.24, 2.45) is 0 Å². The van der Waals surface area contributed by atoms with E-state index < -0.39 is 11.7 Å². The minimum Gasteiger partial charge on any atom is -0.443 e. The van der Waals surface area contributed by atoms with E-state index in [1.54, 1.807) is 46.1 Å². The van der Waals surface area contributed by atoms with E-state index in [2.05, 4.69) is 15.1 Å². The normalized spacial score (nSPS) is 11.2. The van der Waals surface area contributed by atoms with Crippen LogP contribution in [0.1, 0.15) is 20.8 Å². The summed E-state index contributed by atoms with van der Waals surface area (Å²) >= 11 is 0. The van der Waals surface area contributed by atoms with Crippen molar-refractivity contribution in [3.8, 4) is 5.82 Å². The molecule has 0 aromatic carbocycles. The summed E-state index contributed by atoms with van der Waals surface area (Å²) in [4.78, 5) is 21.5. The van der Waals surface area contributed by atoms with Gasteiger partial charge in [0, 0.05) is 19.2 Å². The van der Waals surface area contributed by atoms with E-state index in [1.165, 1.54) is 15.9 Å². The Kier molecular flexibility index (Phi) is 3.79. The van der Waals surface area contributed by atoms with Crippen molar-refractivity contribution in [3.63, 3.8) is 0 Å². The molecule has 8 heteroatoms. The molecule has 2 rings (SSSR count). The summed E-state index contributed by atoms with van der Waals surface area (Å²) < 4.78 is 6.74. The molecule has 0 aliphatic rings. The third-order valence-corrected chi connectivity index (χ3v) is 2.54. The molecule has 0 bridgehead atoms. The molecule has 8 nitrogen and oxygen atoms in total. The monoisotopic (exact) mass is 290 g/mol. The molecule has 21 heavy (non-hydrogen) atoms. The number of nitrogens with zero attached hydrogens (tertiary/aromatic N) is 5. The minimum absolute atomic E-state index is 0.393. The smallest absolute Gasteiger partial charge is 0.415 e.